The van der Waals surface area contributed by atoms with E-state index in [-0.39, 0.29) is 67.8 Å². The number of aromatic nitrogens is 3. The fourth-order valence-corrected chi connectivity index (χ4v) is 10.0. The Labute approximate surface area is 414 Å². The van der Waals surface area contributed by atoms with Gasteiger partial charge in [-0.25, -0.2) is 15.0 Å². The SMILES string of the molecule is Cc1ncsc1-c1ccc(CNC(=O)[C@@H]2C[C@@H](O)CN2C(=O)[C@@H](NC(=O)CCCCCC(=O)NCCN2CC(Nc3cc(C(=O)NC[C@H](O)CN4CCc5ccccc5C4)ncn3)C2)C(C)(C)C)cc1. The van der Waals surface area contributed by atoms with Crippen LogP contribution >= 0.6 is 11.3 Å². The first kappa shape index (κ1) is 52.0. The highest BCUT2D eigenvalue weighted by Crippen LogP contribution is 2.29. The van der Waals surface area contributed by atoms with Crippen molar-refractivity contribution in [3.63, 3.8) is 0 Å². The number of nitrogens with zero attached hydrogens (tertiary/aromatic N) is 6. The minimum atomic E-state index is -0.911. The summed E-state index contributed by atoms with van der Waals surface area (Å²) in [5.74, 6) is -0.944. The predicted molar refractivity (Wildman–Crippen MR) is 267 cm³/mol. The Bertz CT molecular complexity index is 2420. The van der Waals surface area contributed by atoms with Gasteiger partial charge in [-0.1, -0.05) is 75.7 Å². The topological polar surface area (TPSA) is 234 Å². The standard InChI is InChI=1S/C51H69N11O7S/c1-33-46(70-32-57-33)36-16-14-34(15-17-36)24-53-49(68)42-22-39(63)30-62(42)50(69)47(51(2,3)4)59-45(66)13-7-5-6-12-44(65)52-19-21-61-27-38(28-61)58-43-23-41(55-31-56-43)48(67)54-25-40(64)29-60-20-18-35-10-8-9-11-37(35)26-60/h8-11,14-17,23,31-32,38-40,42,47,63-64H,5-7,12-13,18-22,24-30H2,1-4H3,(H,52,65)(H,53,68)(H,54,67)(H,59,66)(H,55,56,58)/t39-,40+,42+,47-/m1/s1. The first-order chi connectivity index (χ1) is 33.6. The van der Waals surface area contributed by atoms with Crippen LogP contribution in [0.3, 0.4) is 0 Å². The molecule has 7 N–H and O–H groups in total. The van der Waals surface area contributed by atoms with Crippen molar-refractivity contribution in [2.45, 2.75) is 116 Å². The van der Waals surface area contributed by atoms with Crippen LogP contribution in [-0.4, -0.2) is 152 Å². The van der Waals surface area contributed by atoms with E-state index in [2.05, 4.69) is 69.5 Å². The molecular formula is C51H69N11O7S. The van der Waals surface area contributed by atoms with Crippen molar-refractivity contribution in [1.82, 2.24) is 50.9 Å². The van der Waals surface area contributed by atoms with Crippen LogP contribution in [0.4, 0.5) is 5.82 Å². The van der Waals surface area contributed by atoms with E-state index in [0.29, 0.717) is 51.1 Å². The lowest BCUT2D eigenvalue weighted by Crippen LogP contribution is -2.57. The predicted octanol–water partition coefficient (Wildman–Crippen LogP) is 3.03. The maximum absolute atomic E-state index is 14.0. The number of carbonyl (C=O) groups excluding carboxylic acids is 5. The number of amides is 5. The fraction of sp³-hybridized carbons (Fsp3) is 0.529. The van der Waals surface area contributed by atoms with Crippen LogP contribution in [0.2, 0.25) is 0 Å². The van der Waals surface area contributed by atoms with Crippen LogP contribution in [0, 0.1) is 12.3 Å². The van der Waals surface area contributed by atoms with Crippen molar-refractivity contribution in [3.05, 3.63) is 94.5 Å². The summed E-state index contributed by atoms with van der Waals surface area (Å²) in [5, 5.41) is 36.2. The zero-order valence-corrected chi connectivity index (χ0v) is 41.6. The van der Waals surface area contributed by atoms with Gasteiger partial charge in [-0.2, -0.15) is 0 Å². The molecule has 3 aliphatic heterocycles. The number of β-amino-alcohol motifs (C(OH)–C–C–N with tert-alkyl or cyclic N) is 2. The quantitative estimate of drug-likeness (QED) is 0.0563. The number of aliphatic hydroxyl groups excluding tert-OH is 2. The molecule has 2 aromatic heterocycles. The molecule has 0 saturated carbocycles. The van der Waals surface area contributed by atoms with E-state index in [0.717, 1.165) is 54.3 Å². The average molecular weight is 980 g/mol. The molecule has 19 heteroatoms. The number of carbonyl (C=O) groups is 5. The van der Waals surface area contributed by atoms with E-state index < -0.39 is 35.6 Å². The Morgan fingerprint density at radius 1 is 0.871 bits per heavy atom. The highest BCUT2D eigenvalue weighted by Gasteiger charge is 2.44. The number of thiazole rings is 1. The molecule has 18 nitrogen and oxygen atoms in total. The molecule has 4 aromatic rings. The molecule has 3 aliphatic rings. The van der Waals surface area contributed by atoms with E-state index in [4.69, 9.17) is 0 Å². The molecule has 0 spiro atoms. The van der Waals surface area contributed by atoms with Crippen molar-refractivity contribution in [1.29, 1.82) is 0 Å². The molecule has 2 fully saturated rings. The minimum absolute atomic E-state index is 0.00178. The Balaban J connectivity index is 0.737. The molecular weight excluding hydrogens is 911 g/mol. The lowest BCUT2D eigenvalue weighted by Gasteiger charge is -2.39. The second-order valence-electron chi connectivity index (χ2n) is 19.9. The van der Waals surface area contributed by atoms with Gasteiger partial charge in [0.2, 0.25) is 23.6 Å². The molecule has 2 aromatic carbocycles. The van der Waals surface area contributed by atoms with Gasteiger partial charge in [-0.15, -0.1) is 11.3 Å². The zero-order chi connectivity index (χ0) is 49.8. The molecule has 0 bridgehead atoms. The molecule has 5 amide bonds. The largest absolute Gasteiger partial charge is 0.391 e. The van der Waals surface area contributed by atoms with E-state index >= 15 is 0 Å². The number of nitrogens with one attached hydrogen (secondary N) is 5. The zero-order valence-electron chi connectivity index (χ0n) is 40.8. The number of unbranched alkanes of at least 4 members (excludes halogenated alkanes) is 2. The highest BCUT2D eigenvalue weighted by molar-refractivity contribution is 7.13. The van der Waals surface area contributed by atoms with Crippen molar-refractivity contribution in [3.8, 4) is 10.4 Å². The Morgan fingerprint density at radius 2 is 1.61 bits per heavy atom. The average Bonchev–Trinajstić information content (AvgIpc) is 3.95. The molecule has 0 unspecified atom stereocenters. The van der Waals surface area contributed by atoms with Gasteiger partial charge >= 0.3 is 0 Å². The number of hydrogen-bond donors (Lipinski definition) is 7. The number of aryl methyl sites for hydroxylation is 1. The van der Waals surface area contributed by atoms with Crippen LogP contribution in [0.5, 0.6) is 0 Å². The number of anilines is 1. The van der Waals surface area contributed by atoms with E-state index in [1.54, 1.807) is 17.4 Å². The number of fused-ring (bicyclic) bond motifs is 1. The van der Waals surface area contributed by atoms with Crippen molar-refractivity contribution < 1.29 is 34.2 Å². The summed E-state index contributed by atoms with van der Waals surface area (Å²) >= 11 is 1.57. The molecule has 7 rings (SSSR count). The van der Waals surface area contributed by atoms with Crippen LogP contribution < -0.4 is 26.6 Å². The Hall–Kier alpha value is -5.86. The molecule has 70 heavy (non-hydrogen) atoms. The minimum Gasteiger partial charge on any atom is -0.391 e. The normalized spacial score (nSPS) is 18.3. The first-order valence-corrected chi connectivity index (χ1v) is 25.4. The molecule has 4 atom stereocenters. The van der Waals surface area contributed by atoms with Gasteiger partial charge < -0.3 is 41.7 Å². The summed E-state index contributed by atoms with van der Waals surface area (Å²) in [6.07, 6.45) is 3.16. The summed E-state index contributed by atoms with van der Waals surface area (Å²) in [7, 11) is 0. The molecule has 0 aliphatic carbocycles. The third-order valence-corrected chi connectivity index (χ3v) is 14.1. The number of benzene rings is 2. The summed E-state index contributed by atoms with van der Waals surface area (Å²) in [4.78, 5) is 85.7. The van der Waals surface area contributed by atoms with E-state index in [1.165, 1.54) is 22.4 Å². The molecule has 5 heterocycles. The lowest BCUT2D eigenvalue weighted by atomic mass is 9.85. The third kappa shape index (κ3) is 14.6. The van der Waals surface area contributed by atoms with Gasteiger partial charge in [0, 0.05) is 90.8 Å². The van der Waals surface area contributed by atoms with Gasteiger partial charge in [0.15, 0.2) is 0 Å². The molecule has 0 radical (unpaired) electrons. The maximum atomic E-state index is 14.0. The highest BCUT2D eigenvalue weighted by atomic mass is 32.1. The van der Waals surface area contributed by atoms with Crippen molar-refractivity contribution in [2.75, 3.05) is 57.7 Å². The number of aliphatic hydroxyl groups is 2. The summed E-state index contributed by atoms with van der Waals surface area (Å²) in [6, 6.07) is 16.2. The van der Waals surface area contributed by atoms with Crippen molar-refractivity contribution in [2.24, 2.45) is 5.41 Å². The van der Waals surface area contributed by atoms with Crippen LogP contribution in [0.25, 0.3) is 10.4 Å². The summed E-state index contributed by atoms with van der Waals surface area (Å²) < 4.78 is 0. The first-order valence-electron chi connectivity index (χ1n) is 24.5. The van der Waals surface area contributed by atoms with Gasteiger partial charge in [0.25, 0.3) is 5.91 Å². The Kier molecular flexibility index (Phi) is 18.1. The monoisotopic (exact) mass is 980 g/mol. The Morgan fingerprint density at radius 3 is 2.34 bits per heavy atom. The van der Waals surface area contributed by atoms with E-state index in [1.807, 2.05) is 63.5 Å². The number of rotatable bonds is 22. The van der Waals surface area contributed by atoms with Gasteiger partial charge in [0.1, 0.15) is 29.9 Å². The van der Waals surface area contributed by atoms with Crippen LogP contribution in [0.15, 0.2) is 66.4 Å². The van der Waals surface area contributed by atoms with Gasteiger partial charge in [-0.3, -0.25) is 33.8 Å². The second-order valence-corrected chi connectivity index (χ2v) is 20.7. The van der Waals surface area contributed by atoms with Gasteiger partial charge in [-0.05, 0) is 53.9 Å². The van der Waals surface area contributed by atoms with Crippen LogP contribution in [0.1, 0.15) is 92.2 Å². The fourth-order valence-electron chi connectivity index (χ4n) is 9.19. The third-order valence-electron chi connectivity index (χ3n) is 13.2. The number of hydrogen-bond acceptors (Lipinski definition) is 14. The van der Waals surface area contributed by atoms with E-state index in [9.17, 15) is 34.2 Å². The summed E-state index contributed by atoms with van der Waals surface area (Å²) in [6.45, 7) is 12.7. The van der Waals surface area contributed by atoms with Gasteiger partial charge in [0.05, 0.1) is 34.3 Å². The maximum Gasteiger partial charge on any atom is 0.270 e. The van der Waals surface area contributed by atoms with Crippen molar-refractivity contribution >= 4 is 46.7 Å². The molecule has 2 saturated heterocycles. The summed E-state index contributed by atoms with van der Waals surface area (Å²) in [5.41, 5.74) is 6.89. The van der Waals surface area contributed by atoms with Crippen LogP contribution in [-0.2, 0) is 38.7 Å². The smallest absolute Gasteiger partial charge is 0.270 e. The molecule has 376 valence electrons. The second kappa shape index (κ2) is 24.3. The number of likely N-dealkylation sites (tertiary alicyclic amines) is 2. The lowest BCUT2D eigenvalue weighted by molar-refractivity contribution is -0.144.